The fourth-order valence-electron chi connectivity index (χ4n) is 1.63. The molecule has 0 bridgehead atoms. The molecule has 6 nitrogen and oxygen atoms in total. The number of carboxylic acid groups (broad SMARTS) is 1. The lowest BCUT2D eigenvalue weighted by Gasteiger charge is -2.25. The maximum Gasteiger partial charge on any atom is 0.328 e. The topological polar surface area (TPSA) is 87.7 Å². The molecule has 6 heteroatoms. The molecule has 0 radical (unpaired) electrons. The van der Waals surface area contributed by atoms with Crippen LogP contribution in [-0.4, -0.2) is 35.2 Å². The Hall–Kier alpha value is -1.72. The van der Waals surface area contributed by atoms with Crippen LogP contribution in [0.3, 0.4) is 0 Å². The summed E-state index contributed by atoms with van der Waals surface area (Å²) in [5.41, 5.74) is -0.462. The normalized spacial score (nSPS) is 12.4. The molecule has 1 amide bonds. The largest absolute Gasteiger partial charge is 0.480 e. The second-order valence-electron chi connectivity index (χ2n) is 5.93. The van der Waals surface area contributed by atoms with E-state index in [0.29, 0.717) is 6.42 Å². The first kappa shape index (κ1) is 19.3. The molecule has 3 N–H and O–H groups in total. The van der Waals surface area contributed by atoms with E-state index in [4.69, 9.17) is 9.84 Å². The minimum absolute atomic E-state index is 0.00713. The molecule has 0 rings (SSSR count). The lowest BCUT2D eigenvalue weighted by atomic mass is 10.2. The minimum atomic E-state index is -1.07. The number of carbonyl (C=O) groups is 2. The van der Waals surface area contributed by atoms with Crippen molar-refractivity contribution in [3.8, 4) is 0 Å². The van der Waals surface area contributed by atoms with Crippen LogP contribution in [0.4, 0.5) is 0 Å². The molecule has 122 valence electrons. The molecule has 0 spiro atoms. The highest BCUT2D eigenvalue weighted by atomic mass is 16.5. The molecule has 0 aliphatic heterocycles. The fourth-order valence-corrected chi connectivity index (χ4v) is 1.63. The Kier molecular flexibility index (Phi) is 8.50. The van der Waals surface area contributed by atoms with E-state index in [1.165, 1.54) is 0 Å². The Morgan fingerprint density at radius 1 is 1.29 bits per heavy atom. The van der Waals surface area contributed by atoms with Gasteiger partial charge in [-0.05, 0) is 33.8 Å². The van der Waals surface area contributed by atoms with Crippen LogP contribution in [0, 0.1) is 0 Å². The Morgan fingerprint density at radius 2 is 1.90 bits per heavy atom. The molecule has 1 atom stereocenters. The number of carboxylic acids is 1. The van der Waals surface area contributed by atoms with Gasteiger partial charge in [0.25, 0.3) is 0 Å². The van der Waals surface area contributed by atoms with Gasteiger partial charge in [-0.3, -0.25) is 4.79 Å². The van der Waals surface area contributed by atoms with Crippen LogP contribution in [0.1, 0.15) is 53.4 Å². The van der Waals surface area contributed by atoms with Crippen molar-refractivity contribution in [2.45, 2.75) is 65.0 Å². The van der Waals surface area contributed by atoms with Crippen molar-refractivity contribution in [3.05, 3.63) is 12.5 Å². The van der Waals surface area contributed by atoms with Crippen molar-refractivity contribution >= 4 is 11.9 Å². The molecule has 0 unspecified atom stereocenters. The summed E-state index contributed by atoms with van der Waals surface area (Å²) in [4.78, 5) is 22.7. The molecular formula is C15H28N2O4. The molecule has 0 aliphatic carbocycles. The highest BCUT2D eigenvalue weighted by molar-refractivity contribution is 5.78. The summed E-state index contributed by atoms with van der Waals surface area (Å²) >= 11 is 0. The molecule has 0 saturated carbocycles. The van der Waals surface area contributed by atoms with Gasteiger partial charge in [0.2, 0.25) is 5.91 Å². The van der Waals surface area contributed by atoms with E-state index in [1.54, 1.807) is 0 Å². The number of aliphatic carboxylic acids is 1. The van der Waals surface area contributed by atoms with Gasteiger partial charge in [0.1, 0.15) is 11.6 Å². The van der Waals surface area contributed by atoms with E-state index >= 15 is 0 Å². The van der Waals surface area contributed by atoms with Gasteiger partial charge in [0.05, 0.1) is 0 Å². The average molecular weight is 300 g/mol. The van der Waals surface area contributed by atoms with Crippen LogP contribution < -0.4 is 10.6 Å². The third kappa shape index (κ3) is 10.7. The highest BCUT2D eigenvalue weighted by Gasteiger charge is 2.21. The molecule has 0 aromatic rings. The van der Waals surface area contributed by atoms with Crippen LogP contribution in [0.5, 0.6) is 0 Å². The van der Waals surface area contributed by atoms with Gasteiger partial charge in [-0.1, -0.05) is 19.8 Å². The monoisotopic (exact) mass is 300 g/mol. The van der Waals surface area contributed by atoms with E-state index in [0.717, 1.165) is 19.3 Å². The van der Waals surface area contributed by atoms with Gasteiger partial charge < -0.3 is 20.5 Å². The first-order valence-corrected chi connectivity index (χ1v) is 7.29. The second kappa shape index (κ2) is 9.26. The van der Waals surface area contributed by atoms with Crippen molar-refractivity contribution in [1.82, 2.24) is 10.6 Å². The van der Waals surface area contributed by atoms with Crippen molar-refractivity contribution in [2.75, 3.05) is 6.54 Å². The van der Waals surface area contributed by atoms with E-state index in [-0.39, 0.29) is 18.3 Å². The van der Waals surface area contributed by atoms with Crippen LogP contribution in [0.15, 0.2) is 12.5 Å². The lowest BCUT2D eigenvalue weighted by molar-refractivity contribution is -0.139. The zero-order valence-electron chi connectivity index (χ0n) is 13.5. The van der Waals surface area contributed by atoms with E-state index in [2.05, 4.69) is 24.1 Å². The van der Waals surface area contributed by atoms with Gasteiger partial charge >= 0.3 is 5.97 Å². The van der Waals surface area contributed by atoms with Gasteiger partial charge in [0, 0.05) is 13.0 Å². The lowest BCUT2D eigenvalue weighted by Crippen LogP contribution is -2.46. The summed E-state index contributed by atoms with van der Waals surface area (Å²) in [6.07, 6.45) is 3.26. The summed E-state index contributed by atoms with van der Waals surface area (Å²) < 4.78 is 5.42. The maximum absolute atomic E-state index is 11.6. The maximum atomic E-state index is 11.6. The molecule has 21 heavy (non-hydrogen) atoms. The Morgan fingerprint density at radius 3 is 2.38 bits per heavy atom. The predicted molar refractivity (Wildman–Crippen MR) is 81.7 cm³/mol. The average Bonchev–Trinajstić information content (AvgIpc) is 2.32. The molecule has 0 aromatic carbocycles. The van der Waals surface area contributed by atoms with Crippen LogP contribution in [0.25, 0.3) is 0 Å². The molecule has 0 aliphatic rings. The third-order valence-corrected chi connectivity index (χ3v) is 2.57. The number of rotatable bonds is 10. The zero-order valence-corrected chi connectivity index (χ0v) is 13.5. The van der Waals surface area contributed by atoms with Crippen LogP contribution in [0.2, 0.25) is 0 Å². The van der Waals surface area contributed by atoms with Crippen molar-refractivity contribution in [1.29, 1.82) is 0 Å². The number of amides is 1. The molecular weight excluding hydrogens is 272 g/mol. The summed E-state index contributed by atoms with van der Waals surface area (Å²) in [6.45, 7) is 11.2. The second-order valence-corrected chi connectivity index (χ2v) is 5.93. The molecule has 0 aromatic heterocycles. The smallest absolute Gasteiger partial charge is 0.328 e. The number of unbranched alkanes of at least 4 members (excludes halogenated alkanes) is 2. The minimum Gasteiger partial charge on any atom is -0.480 e. The van der Waals surface area contributed by atoms with Gasteiger partial charge in [-0.25, -0.2) is 4.79 Å². The Bertz CT molecular complexity index is 361. The molecule has 0 fully saturated rings. The standard InChI is InChI=1S/C15H28N2O4/c1-6-7-8-9-13(18)16-10-12(14(19)20)17-11(2)21-15(3,4)5/h12,17H,2,6-10H2,1,3-5H3,(H,16,18)(H,19,20)/t12-/m0/s1. The Labute approximate surface area is 126 Å². The third-order valence-electron chi connectivity index (χ3n) is 2.57. The number of hydrogen-bond donors (Lipinski definition) is 3. The number of hydrogen-bond acceptors (Lipinski definition) is 4. The summed E-state index contributed by atoms with van der Waals surface area (Å²) in [6, 6.07) is -0.963. The fraction of sp³-hybridized carbons (Fsp3) is 0.733. The van der Waals surface area contributed by atoms with Gasteiger partial charge in [-0.15, -0.1) is 0 Å². The number of nitrogens with one attached hydrogen (secondary N) is 2. The molecule has 0 saturated heterocycles. The van der Waals surface area contributed by atoms with Crippen LogP contribution >= 0.6 is 0 Å². The van der Waals surface area contributed by atoms with Crippen molar-refractivity contribution in [3.63, 3.8) is 0 Å². The first-order chi connectivity index (χ1) is 9.65. The van der Waals surface area contributed by atoms with Crippen molar-refractivity contribution < 1.29 is 19.4 Å². The van der Waals surface area contributed by atoms with Gasteiger partial charge in [-0.2, -0.15) is 0 Å². The number of carbonyl (C=O) groups excluding carboxylic acids is 1. The van der Waals surface area contributed by atoms with Crippen LogP contribution in [-0.2, 0) is 14.3 Å². The SMILES string of the molecule is C=C(N[C@@H](CNC(=O)CCCCC)C(=O)O)OC(C)(C)C. The molecule has 0 heterocycles. The van der Waals surface area contributed by atoms with E-state index < -0.39 is 17.6 Å². The van der Waals surface area contributed by atoms with Gasteiger partial charge in [0.15, 0.2) is 5.88 Å². The Balaban J connectivity index is 4.23. The quantitative estimate of drug-likeness (QED) is 0.424. The zero-order chi connectivity index (χ0) is 16.5. The van der Waals surface area contributed by atoms with E-state index in [1.807, 2.05) is 20.8 Å². The summed E-state index contributed by atoms with van der Waals surface area (Å²) in [5.74, 6) is -1.03. The van der Waals surface area contributed by atoms with E-state index in [9.17, 15) is 9.59 Å². The highest BCUT2D eigenvalue weighted by Crippen LogP contribution is 2.10. The first-order valence-electron chi connectivity index (χ1n) is 7.29. The van der Waals surface area contributed by atoms with Crippen molar-refractivity contribution in [2.24, 2.45) is 0 Å². The summed E-state index contributed by atoms with van der Waals surface area (Å²) in [5, 5.41) is 14.4. The number of ether oxygens (including phenoxy) is 1. The summed E-state index contributed by atoms with van der Waals surface area (Å²) in [7, 11) is 0. The predicted octanol–water partition coefficient (Wildman–Crippen LogP) is 2.01.